The van der Waals surface area contributed by atoms with Crippen LogP contribution in [0.4, 0.5) is 5.82 Å². The third-order valence-corrected chi connectivity index (χ3v) is 3.76. The molecule has 0 saturated carbocycles. The van der Waals surface area contributed by atoms with Gasteiger partial charge in [-0.3, -0.25) is 0 Å². The van der Waals surface area contributed by atoms with Crippen LogP contribution in [0.2, 0.25) is 0 Å². The molecule has 2 atom stereocenters. The van der Waals surface area contributed by atoms with E-state index in [1.54, 1.807) is 0 Å². The van der Waals surface area contributed by atoms with Gasteiger partial charge in [0, 0.05) is 6.61 Å². The van der Waals surface area contributed by atoms with E-state index in [0.717, 1.165) is 35.3 Å². The van der Waals surface area contributed by atoms with Gasteiger partial charge in [0.15, 0.2) is 0 Å². The van der Waals surface area contributed by atoms with Crippen LogP contribution in [0.1, 0.15) is 32.2 Å². The minimum absolute atomic E-state index is 0.366. The standard InChI is InChI=1S/C10H16IN3O/c1-2-8-5-7(3-4-15-8)14-10(12)9(11)6-13-14/h6-8H,2-5,12H2,1H3. The van der Waals surface area contributed by atoms with Gasteiger partial charge in [0.2, 0.25) is 0 Å². The maximum absolute atomic E-state index is 5.97. The fourth-order valence-electron chi connectivity index (χ4n) is 2.01. The fourth-order valence-corrected chi connectivity index (χ4v) is 2.38. The number of nitrogen functional groups attached to an aromatic ring is 1. The molecule has 84 valence electrons. The summed E-state index contributed by atoms with van der Waals surface area (Å²) in [6.07, 6.45) is 5.29. The van der Waals surface area contributed by atoms with E-state index in [-0.39, 0.29) is 0 Å². The number of nitrogens with zero attached hydrogens (tertiary/aromatic N) is 2. The monoisotopic (exact) mass is 321 g/mol. The van der Waals surface area contributed by atoms with Crippen LogP contribution in [0.3, 0.4) is 0 Å². The van der Waals surface area contributed by atoms with Crippen LogP contribution in [-0.4, -0.2) is 22.5 Å². The molecule has 0 radical (unpaired) electrons. The molecule has 2 heterocycles. The number of ether oxygens (including phenoxy) is 1. The van der Waals surface area contributed by atoms with E-state index >= 15 is 0 Å². The van der Waals surface area contributed by atoms with Crippen molar-refractivity contribution in [1.29, 1.82) is 0 Å². The van der Waals surface area contributed by atoms with Crippen LogP contribution in [0.15, 0.2) is 6.20 Å². The third kappa shape index (κ3) is 2.28. The van der Waals surface area contributed by atoms with Crippen molar-refractivity contribution in [3.8, 4) is 0 Å². The summed E-state index contributed by atoms with van der Waals surface area (Å²) in [5.74, 6) is 0.789. The van der Waals surface area contributed by atoms with Crippen molar-refractivity contribution in [2.75, 3.05) is 12.3 Å². The smallest absolute Gasteiger partial charge is 0.135 e. The molecule has 0 aromatic carbocycles. The highest BCUT2D eigenvalue weighted by Crippen LogP contribution is 2.29. The van der Waals surface area contributed by atoms with E-state index in [9.17, 15) is 0 Å². The van der Waals surface area contributed by atoms with Crippen molar-refractivity contribution in [2.24, 2.45) is 0 Å². The molecule has 1 aromatic heterocycles. The van der Waals surface area contributed by atoms with Crippen molar-refractivity contribution in [2.45, 2.75) is 38.3 Å². The summed E-state index contributed by atoms with van der Waals surface area (Å²) >= 11 is 2.22. The van der Waals surface area contributed by atoms with Gasteiger partial charge in [0.25, 0.3) is 0 Å². The van der Waals surface area contributed by atoms with Crippen LogP contribution in [0.25, 0.3) is 0 Å². The summed E-state index contributed by atoms with van der Waals surface area (Å²) in [6.45, 7) is 2.97. The van der Waals surface area contributed by atoms with E-state index in [0.29, 0.717) is 12.1 Å². The third-order valence-electron chi connectivity index (χ3n) is 2.93. The second-order valence-corrected chi connectivity index (χ2v) is 5.06. The number of hydrogen-bond donors (Lipinski definition) is 1. The Bertz CT molecular complexity index is 339. The Labute approximate surface area is 103 Å². The van der Waals surface area contributed by atoms with Crippen LogP contribution < -0.4 is 5.73 Å². The number of aromatic nitrogens is 2. The number of anilines is 1. The molecule has 1 saturated heterocycles. The lowest BCUT2D eigenvalue weighted by atomic mass is 10.0. The van der Waals surface area contributed by atoms with Crippen molar-refractivity contribution in [3.63, 3.8) is 0 Å². The highest BCUT2D eigenvalue weighted by molar-refractivity contribution is 14.1. The summed E-state index contributed by atoms with van der Waals surface area (Å²) in [5.41, 5.74) is 5.97. The molecule has 0 bridgehead atoms. The van der Waals surface area contributed by atoms with E-state index < -0.39 is 0 Å². The molecule has 15 heavy (non-hydrogen) atoms. The molecule has 0 spiro atoms. The average molecular weight is 321 g/mol. The van der Waals surface area contributed by atoms with E-state index in [1.165, 1.54) is 0 Å². The Morgan fingerprint density at radius 1 is 1.73 bits per heavy atom. The first-order valence-electron chi connectivity index (χ1n) is 5.32. The normalized spacial score (nSPS) is 26.8. The molecule has 1 aliphatic rings. The number of hydrogen-bond acceptors (Lipinski definition) is 3. The molecule has 2 N–H and O–H groups in total. The first-order valence-corrected chi connectivity index (χ1v) is 6.40. The van der Waals surface area contributed by atoms with Crippen molar-refractivity contribution in [1.82, 2.24) is 9.78 Å². The average Bonchev–Trinajstić information content (AvgIpc) is 2.60. The molecule has 0 aliphatic carbocycles. The summed E-state index contributed by atoms with van der Waals surface area (Å²) in [7, 11) is 0. The zero-order valence-electron chi connectivity index (χ0n) is 8.82. The lowest BCUT2D eigenvalue weighted by Crippen LogP contribution is -2.28. The number of halogens is 1. The molecule has 2 unspecified atom stereocenters. The minimum atomic E-state index is 0.366. The first kappa shape index (κ1) is 11.2. The summed E-state index contributed by atoms with van der Waals surface area (Å²) in [4.78, 5) is 0. The Balaban J connectivity index is 2.13. The predicted molar refractivity (Wildman–Crippen MR) is 67.7 cm³/mol. The molecule has 1 fully saturated rings. The Hall–Kier alpha value is -0.300. The largest absolute Gasteiger partial charge is 0.383 e. The number of rotatable bonds is 2. The van der Waals surface area contributed by atoms with Crippen LogP contribution in [0, 0.1) is 3.57 Å². The molecule has 2 rings (SSSR count). The molecular formula is C10H16IN3O. The van der Waals surface area contributed by atoms with Gasteiger partial charge in [-0.25, -0.2) is 4.68 Å². The van der Waals surface area contributed by atoms with E-state index in [4.69, 9.17) is 10.5 Å². The quantitative estimate of drug-likeness (QED) is 0.850. The Morgan fingerprint density at radius 3 is 3.13 bits per heavy atom. The van der Waals surface area contributed by atoms with Gasteiger partial charge in [-0.1, -0.05) is 6.92 Å². The Morgan fingerprint density at radius 2 is 2.53 bits per heavy atom. The van der Waals surface area contributed by atoms with Gasteiger partial charge in [0.05, 0.1) is 21.9 Å². The topological polar surface area (TPSA) is 53.1 Å². The molecule has 0 amide bonds. The fraction of sp³-hybridized carbons (Fsp3) is 0.700. The maximum atomic E-state index is 5.97. The molecular weight excluding hydrogens is 305 g/mol. The maximum Gasteiger partial charge on any atom is 0.135 e. The van der Waals surface area contributed by atoms with Gasteiger partial charge in [0.1, 0.15) is 5.82 Å². The van der Waals surface area contributed by atoms with Crippen LogP contribution >= 0.6 is 22.6 Å². The zero-order chi connectivity index (χ0) is 10.8. The lowest BCUT2D eigenvalue weighted by Gasteiger charge is -2.29. The van der Waals surface area contributed by atoms with Crippen molar-refractivity contribution in [3.05, 3.63) is 9.77 Å². The predicted octanol–water partition coefficient (Wildman–Crippen LogP) is 2.20. The lowest BCUT2D eigenvalue weighted by molar-refractivity contribution is -0.00894. The highest BCUT2D eigenvalue weighted by Gasteiger charge is 2.24. The van der Waals surface area contributed by atoms with Gasteiger partial charge < -0.3 is 10.5 Å². The van der Waals surface area contributed by atoms with Crippen molar-refractivity contribution < 1.29 is 4.74 Å². The van der Waals surface area contributed by atoms with Crippen molar-refractivity contribution >= 4 is 28.4 Å². The second-order valence-electron chi connectivity index (χ2n) is 3.90. The van der Waals surface area contributed by atoms with Gasteiger partial charge in [-0.05, 0) is 41.9 Å². The van der Waals surface area contributed by atoms with E-state index in [2.05, 4.69) is 34.6 Å². The minimum Gasteiger partial charge on any atom is -0.383 e. The zero-order valence-corrected chi connectivity index (χ0v) is 11.0. The van der Waals surface area contributed by atoms with E-state index in [1.807, 2.05) is 10.9 Å². The molecule has 4 nitrogen and oxygen atoms in total. The molecule has 5 heteroatoms. The summed E-state index contributed by atoms with van der Waals surface area (Å²) < 4.78 is 8.63. The second kappa shape index (κ2) is 4.69. The first-order chi connectivity index (χ1) is 7.22. The summed E-state index contributed by atoms with van der Waals surface area (Å²) in [5, 5.41) is 4.34. The summed E-state index contributed by atoms with van der Waals surface area (Å²) in [6, 6.07) is 0.409. The highest BCUT2D eigenvalue weighted by atomic mass is 127. The van der Waals surface area contributed by atoms with Gasteiger partial charge >= 0.3 is 0 Å². The molecule has 1 aromatic rings. The van der Waals surface area contributed by atoms with Crippen LogP contribution in [-0.2, 0) is 4.74 Å². The van der Waals surface area contributed by atoms with Crippen LogP contribution in [0.5, 0.6) is 0 Å². The SMILES string of the molecule is CCC1CC(n2ncc(I)c2N)CCO1. The number of nitrogens with two attached hydrogens (primary N) is 1. The Kier molecular flexibility index (Phi) is 3.50. The van der Waals surface area contributed by atoms with Gasteiger partial charge in [-0.2, -0.15) is 5.10 Å². The molecule has 1 aliphatic heterocycles. The van der Waals surface area contributed by atoms with Gasteiger partial charge in [-0.15, -0.1) is 0 Å².